The van der Waals surface area contributed by atoms with Gasteiger partial charge in [-0.25, -0.2) is 0 Å². The highest BCUT2D eigenvalue weighted by atomic mass is 32.1. The minimum Gasteiger partial charge on any atom is -0.508 e. The normalized spacial score (nSPS) is 14.2. The van der Waals surface area contributed by atoms with E-state index in [-0.39, 0.29) is 55.9 Å². The molecule has 0 bridgehead atoms. The van der Waals surface area contributed by atoms with Gasteiger partial charge in [-0.2, -0.15) is 25.3 Å². The molecule has 15 N–H and O–H groups in total. The summed E-state index contributed by atoms with van der Waals surface area (Å²) < 4.78 is 0. The van der Waals surface area contributed by atoms with E-state index in [0.29, 0.717) is 24.0 Å². The van der Waals surface area contributed by atoms with E-state index >= 15 is 0 Å². The number of benzene rings is 6. The second-order valence-electron chi connectivity index (χ2n) is 21.5. The van der Waals surface area contributed by atoms with E-state index in [0.717, 1.165) is 43.6 Å². The van der Waals surface area contributed by atoms with Gasteiger partial charge in [0.25, 0.3) is 0 Å². The second-order valence-corrected chi connectivity index (χ2v) is 22.2. The van der Waals surface area contributed by atoms with Crippen LogP contribution in [0.25, 0.3) is 32.4 Å². The number of nitrogens with two attached hydrogens (primary N) is 3. The summed E-state index contributed by atoms with van der Waals surface area (Å²) in [5.41, 5.74) is 21.5. The van der Waals surface area contributed by atoms with Gasteiger partial charge in [0.15, 0.2) is 0 Å². The number of H-pyrrole nitrogens is 1. The summed E-state index contributed by atoms with van der Waals surface area (Å²) in [5, 5.41) is 33.9. The van der Waals surface area contributed by atoms with E-state index in [9.17, 15) is 43.5 Å². The van der Waals surface area contributed by atoms with Crippen LogP contribution in [0.1, 0.15) is 55.4 Å². The van der Waals surface area contributed by atoms with Crippen LogP contribution in [0.2, 0.25) is 0 Å². The lowest BCUT2D eigenvalue weighted by Crippen LogP contribution is -2.61. The molecule has 0 spiro atoms. The zero-order chi connectivity index (χ0) is 61.2. The van der Waals surface area contributed by atoms with Crippen molar-refractivity contribution in [2.75, 3.05) is 18.1 Å². The monoisotopic (exact) mass is 1190 g/mol. The fraction of sp³-hybridized carbons (Fsp3) is 0.333. The number of rotatable bonds is 30. The van der Waals surface area contributed by atoms with Crippen LogP contribution in [-0.4, -0.2) is 124 Å². The Labute approximate surface area is 504 Å². The number of phenolic OH excluding ortho intramolecular Hbond substituents is 1. The minimum absolute atomic E-state index is 0.0409. The first-order valence-corrected chi connectivity index (χ1v) is 29.5. The Kier molecular flexibility index (Phi) is 23.3. The zero-order valence-corrected chi connectivity index (χ0v) is 49.2. The van der Waals surface area contributed by atoms with Gasteiger partial charge in [-0.05, 0) is 100 Å². The third-order valence-corrected chi connectivity index (χ3v) is 15.4. The molecule has 0 aliphatic heterocycles. The molecule has 7 aromatic rings. The van der Waals surface area contributed by atoms with Crippen molar-refractivity contribution >= 4 is 105 Å². The number of phenols is 1. The fourth-order valence-corrected chi connectivity index (χ4v) is 10.4. The molecule has 448 valence electrons. The first kappa shape index (κ1) is 64.1. The lowest BCUT2D eigenvalue weighted by molar-refractivity contribution is -0.136. The third-order valence-electron chi connectivity index (χ3n) is 14.7. The van der Waals surface area contributed by atoms with Gasteiger partial charge in [-0.3, -0.25) is 38.4 Å². The van der Waals surface area contributed by atoms with Gasteiger partial charge in [-0.1, -0.05) is 129 Å². The highest BCUT2D eigenvalue weighted by Crippen LogP contribution is 2.22. The number of para-hydroxylation sites is 1. The largest absolute Gasteiger partial charge is 0.508 e. The van der Waals surface area contributed by atoms with Crippen LogP contribution in [0.3, 0.4) is 0 Å². The number of carbonyl (C=O) groups excluding carboxylic acids is 8. The SMILES string of the molecule is CC(C)[C@H](NC(=O)[C@H](CCCCN)NC(=O)[C@@H](Cc1c[nH]c2ccccc12)NC(=O)[C@H](Cc1ccc(O)cc1)NC(=O)[C@@H](CS)NC(=O)[C@H](N)Cc1ccc2ccccc2c1)C(=O)N[C@@H](CS)C(=O)N[C@@H](Cc1ccc2ccccc2c1)C(N)=O. The standard InChI is InChI=1S/C63H75N11O9S2/c1-36(2)55(63(83)73-54(35-85)61(81)69-50(56(66)76)31-39-19-23-41-12-4-6-14-43(41)28-39)74-58(78)49(17-9-10-26-64)68-60(80)52(32-44-33-67-48-16-8-7-15-46(44)48)71-59(79)51(30-37-20-24-45(75)25-21-37)70-62(82)53(34-84)72-57(77)47(65)29-38-18-22-40-11-3-5-13-42(40)27-38/h3-8,11-16,18-25,27-28,33,36,47,49-55,67,75,84-85H,9-10,17,26,29-32,34-35,64-65H2,1-2H3,(H2,66,76)(H,68,80)(H,69,81)(H,70,82)(H,71,79)(H,72,77)(H,73,83)(H,74,78)/t47-,49+,50+,51+,52-,53-,54+,55+/m1/s1. The number of hydrogen-bond donors (Lipinski definition) is 14. The van der Waals surface area contributed by atoms with Gasteiger partial charge in [0.05, 0.1) is 6.04 Å². The summed E-state index contributed by atoms with van der Waals surface area (Å²) in [4.78, 5) is 116. The topological polar surface area (TPSA) is 335 Å². The first-order chi connectivity index (χ1) is 40.8. The van der Waals surface area contributed by atoms with Gasteiger partial charge < -0.3 is 64.5 Å². The number of thiol groups is 2. The Balaban J connectivity index is 1.08. The Hall–Kier alpha value is -8.44. The summed E-state index contributed by atoms with van der Waals surface area (Å²) in [6, 6.07) is 30.1. The number of amides is 8. The number of carbonyl (C=O) groups is 8. The van der Waals surface area contributed by atoms with E-state index < -0.39 is 102 Å². The molecule has 1 aromatic heterocycles. The Morgan fingerprint density at radius 3 is 1.52 bits per heavy atom. The van der Waals surface area contributed by atoms with Crippen molar-refractivity contribution in [2.45, 2.75) is 107 Å². The molecule has 7 rings (SSSR count). The number of aromatic amines is 1. The molecule has 0 fully saturated rings. The average Bonchev–Trinajstić information content (AvgIpc) is 4.20. The van der Waals surface area contributed by atoms with E-state index in [4.69, 9.17) is 17.2 Å². The van der Waals surface area contributed by atoms with Gasteiger partial charge >= 0.3 is 0 Å². The number of nitrogens with one attached hydrogen (secondary N) is 8. The minimum atomic E-state index is -1.39. The second kappa shape index (κ2) is 30.9. The zero-order valence-electron chi connectivity index (χ0n) is 47.4. The molecule has 0 aliphatic rings. The smallest absolute Gasteiger partial charge is 0.244 e. The molecule has 22 heteroatoms. The number of aromatic hydroxyl groups is 1. The van der Waals surface area contributed by atoms with Crippen LogP contribution < -0.4 is 54.4 Å². The maximum absolute atomic E-state index is 14.9. The molecule has 85 heavy (non-hydrogen) atoms. The summed E-state index contributed by atoms with van der Waals surface area (Å²) >= 11 is 8.71. The molecule has 0 unspecified atom stereocenters. The molecule has 8 atom stereocenters. The molecular formula is C63H75N11O9S2. The van der Waals surface area contributed by atoms with Gasteiger partial charge in [-0.15, -0.1) is 0 Å². The summed E-state index contributed by atoms with van der Waals surface area (Å²) in [6.45, 7) is 3.64. The number of fused-ring (bicyclic) bond motifs is 3. The lowest BCUT2D eigenvalue weighted by atomic mass is 9.99. The van der Waals surface area contributed by atoms with E-state index in [1.807, 2.05) is 109 Å². The highest BCUT2D eigenvalue weighted by Gasteiger charge is 2.35. The van der Waals surface area contributed by atoms with E-state index in [1.165, 1.54) is 12.1 Å². The van der Waals surface area contributed by atoms with Crippen molar-refractivity contribution in [3.05, 3.63) is 162 Å². The van der Waals surface area contributed by atoms with Crippen LogP contribution in [0.15, 0.2) is 140 Å². The quantitative estimate of drug-likeness (QED) is 0.0229. The number of hydrogen-bond acceptors (Lipinski definition) is 13. The van der Waals surface area contributed by atoms with Crippen LogP contribution >= 0.6 is 25.3 Å². The molecular weight excluding hydrogens is 1120 g/mol. The molecule has 0 aliphatic carbocycles. The van der Waals surface area contributed by atoms with Crippen molar-refractivity contribution < 1.29 is 43.5 Å². The van der Waals surface area contributed by atoms with E-state index in [1.54, 1.807) is 32.2 Å². The number of unbranched alkanes of at least 4 members (excludes halogenated alkanes) is 1. The van der Waals surface area contributed by atoms with Crippen LogP contribution in [-0.2, 0) is 64.0 Å². The lowest BCUT2D eigenvalue weighted by Gasteiger charge is -2.29. The van der Waals surface area contributed by atoms with Crippen molar-refractivity contribution in [2.24, 2.45) is 23.1 Å². The number of primary amides is 1. The van der Waals surface area contributed by atoms with Gasteiger partial charge in [0.1, 0.15) is 48.0 Å². The Bertz CT molecular complexity index is 3490. The van der Waals surface area contributed by atoms with Crippen LogP contribution in [0.4, 0.5) is 0 Å². The van der Waals surface area contributed by atoms with Gasteiger partial charge in [0.2, 0.25) is 47.3 Å². The van der Waals surface area contributed by atoms with Gasteiger partial charge in [0, 0.05) is 47.9 Å². The molecule has 0 saturated heterocycles. The predicted octanol–water partition coefficient (Wildman–Crippen LogP) is 3.30. The number of aromatic nitrogens is 1. The first-order valence-electron chi connectivity index (χ1n) is 28.2. The van der Waals surface area contributed by atoms with Crippen molar-refractivity contribution in [3.63, 3.8) is 0 Å². The predicted molar refractivity (Wildman–Crippen MR) is 335 cm³/mol. The summed E-state index contributed by atoms with van der Waals surface area (Å²) in [6.07, 6.45) is 2.60. The maximum Gasteiger partial charge on any atom is 0.244 e. The highest BCUT2D eigenvalue weighted by molar-refractivity contribution is 7.80. The Morgan fingerprint density at radius 2 is 0.953 bits per heavy atom. The maximum atomic E-state index is 14.9. The van der Waals surface area contributed by atoms with Crippen molar-refractivity contribution in [3.8, 4) is 5.75 Å². The van der Waals surface area contributed by atoms with Crippen LogP contribution in [0, 0.1) is 5.92 Å². The molecule has 0 radical (unpaired) electrons. The third kappa shape index (κ3) is 18.0. The van der Waals surface area contributed by atoms with E-state index in [2.05, 4.69) is 67.5 Å². The molecule has 20 nitrogen and oxygen atoms in total. The molecule has 6 aromatic carbocycles. The van der Waals surface area contributed by atoms with Crippen molar-refractivity contribution in [1.82, 2.24) is 42.2 Å². The molecule has 8 amide bonds. The molecule has 1 heterocycles. The summed E-state index contributed by atoms with van der Waals surface area (Å²) in [5.74, 6) is -6.98. The summed E-state index contributed by atoms with van der Waals surface area (Å²) in [7, 11) is 0. The van der Waals surface area contributed by atoms with Crippen molar-refractivity contribution in [1.29, 1.82) is 0 Å². The van der Waals surface area contributed by atoms with Crippen LogP contribution in [0.5, 0.6) is 5.75 Å². The fourth-order valence-electron chi connectivity index (χ4n) is 9.91. The average molecular weight is 1190 g/mol. The Morgan fingerprint density at radius 1 is 0.494 bits per heavy atom. The molecule has 0 saturated carbocycles.